The minimum Gasteiger partial charge on any atom is -0.368 e. The van der Waals surface area contributed by atoms with Crippen LogP contribution in [0.2, 0.25) is 0 Å². The van der Waals surface area contributed by atoms with E-state index in [4.69, 9.17) is 5.73 Å². The van der Waals surface area contributed by atoms with E-state index in [0.717, 1.165) is 4.80 Å². The summed E-state index contributed by atoms with van der Waals surface area (Å²) < 4.78 is 0. The summed E-state index contributed by atoms with van der Waals surface area (Å²) in [6.07, 6.45) is 2.18. The number of primary amides is 1. The Labute approximate surface area is 50.6 Å². The van der Waals surface area contributed by atoms with Crippen molar-refractivity contribution in [1.82, 2.24) is 20.2 Å². The van der Waals surface area contributed by atoms with Gasteiger partial charge in [0.15, 0.2) is 0 Å². The quantitative estimate of drug-likeness (QED) is 0.494. The first kappa shape index (κ1) is 5.67. The minimum atomic E-state index is -0.499. The van der Waals surface area contributed by atoms with Gasteiger partial charge in [0.05, 0.1) is 0 Å². The lowest BCUT2D eigenvalue weighted by molar-refractivity contribution is -0.118. The van der Waals surface area contributed by atoms with Crippen LogP contribution in [0, 0.1) is 6.33 Å². The fraction of sp³-hybridized carbons (Fsp3) is 0.333. The minimum absolute atomic E-state index is 0.0451. The maximum atomic E-state index is 10.1. The van der Waals surface area contributed by atoms with Crippen molar-refractivity contribution in [2.75, 3.05) is 0 Å². The van der Waals surface area contributed by atoms with Crippen molar-refractivity contribution in [1.29, 1.82) is 0 Å². The van der Waals surface area contributed by atoms with Gasteiger partial charge in [-0.3, -0.25) is 4.79 Å². The Balaban J connectivity index is 2.58. The van der Waals surface area contributed by atoms with Crippen molar-refractivity contribution in [3.63, 3.8) is 0 Å². The number of nitrogens with two attached hydrogens (primary N) is 1. The molecule has 0 saturated heterocycles. The fourth-order valence-electron chi connectivity index (χ4n) is 0.370. The molecule has 0 bridgehead atoms. The lowest BCUT2D eigenvalue weighted by Crippen LogP contribution is -2.20. The molecule has 0 atom stereocenters. The van der Waals surface area contributed by atoms with Crippen LogP contribution in [0.1, 0.15) is 0 Å². The molecule has 6 nitrogen and oxygen atoms in total. The summed E-state index contributed by atoms with van der Waals surface area (Å²) >= 11 is 0. The molecule has 0 aliphatic carbocycles. The molecular formula is C3H4N5O. The zero-order chi connectivity index (χ0) is 6.69. The molecule has 1 radical (unpaired) electrons. The number of hydrogen-bond donors (Lipinski definition) is 1. The Morgan fingerprint density at radius 2 is 2.56 bits per heavy atom. The van der Waals surface area contributed by atoms with E-state index in [1.54, 1.807) is 0 Å². The molecular weight excluding hydrogens is 122 g/mol. The van der Waals surface area contributed by atoms with E-state index in [1.165, 1.54) is 0 Å². The summed E-state index contributed by atoms with van der Waals surface area (Å²) in [7, 11) is 0. The predicted molar refractivity (Wildman–Crippen MR) is 25.8 cm³/mol. The average Bonchev–Trinajstić information content (AvgIpc) is 2.15. The molecule has 1 rings (SSSR count). The Hall–Kier alpha value is -1.46. The Morgan fingerprint density at radius 1 is 1.78 bits per heavy atom. The number of hydrogen-bond acceptors (Lipinski definition) is 4. The van der Waals surface area contributed by atoms with Crippen molar-refractivity contribution in [2.45, 2.75) is 6.54 Å². The number of amides is 1. The number of nitrogens with zero attached hydrogens (tertiary/aromatic N) is 4. The fourth-order valence-corrected chi connectivity index (χ4v) is 0.370. The third-order valence-corrected chi connectivity index (χ3v) is 0.650. The van der Waals surface area contributed by atoms with Gasteiger partial charge < -0.3 is 5.73 Å². The Kier molecular flexibility index (Phi) is 1.39. The zero-order valence-corrected chi connectivity index (χ0v) is 4.48. The molecule has 0 aromatic carbocycles. The van der Waals surface area contributed by atoms with Crippen molar-refractivity contribution in [3.05, 3.63) is 6.33 Å². The molecule has 0 unspecified atom stereocenters. The van der Waals surface area contributed by atoms with Gasteiger partial charge in [0, 0.05) is 0 Å². The summed E-state index contributed by atoms with van der Waals surface area (Å²) in [5.74, 6) is -0.499. The van der Waals surface area contributed by atoms with Crippen LogP contribution in [0.3, 0.4) is 0 Å². The van der Waals surface area contributed by atoms with Crippen LogP contribution in [-0.2, 0) is 11.3 Å². The van der Waals surface area contributed by atoms with E-state index in [0.29, 0.717) is 0 Å². The van der Waals surface area contributed by atoms with E-state index in [1.807, 2.05) is 0 Å². The van der Waals surface area contributed by atoms with Gasteiger partial charge >= 0.3 is 0 Å². The van der Waals surface area contributed by atoms with E-state index >= 15 is 0 Å². The summed E-state index contributed by atoms with van der Waals surface area (Å²) in [4.78, 5) is 11.2. The molecule has 1 aromatic heterocycles. The van der Waals surface area contributed by atoms with Crippen molar-refractivity contribution >= 4 is 5.91 Å². The van der Waals surface area contributed by atoms with Gasteiger partial charge in [-0.15, -0.1) is 10.2 Å². The van der Waals surface area contributed by atoms with Gasteiger partial charge in [0.25, 0.3) is 0 Å². The van der Waals surface area contributed by atoms with Crippen LogP contribution in [0.25, 0.3) is 0 Å². The van der Waals surface area contributed by atoms with E-state index in [9.17, 15) is 4.79 Å². The number of carbonyl (C=O) groups is 1. The Morgan fingerprint density at radius 3 is 3.00 bits per heavy atom. The molecule has 0 fully saturated rings. The third-order valence-electron chi connectivity index (χ3n) is 0.650. The van der Waals surface area contributed by atoms with E-state index in [2.05, 4.69) is 21.7 Å². The standard InChI is InChI=1S/C3H4N5O/c4-3(9)1-8-6-2-5-7-8/h1H2,(H2,4,9). The van der Waals surface area contributed by atoms with Crippen LogP contribution in [-0.4, -0.2) is 26.1 Å². The molecule has 1 heterocycles. The molecule has 47 valence electrons. The number of tetrazole rings is 1. The first-order valence-electron chi connectivity index (χ1n) is 2.21. The van der Waals surface area contributed by atoms with Crippen LogP contribution < -0.4 is 5.73 Å². The lowest BCUT2D eigenvalue weighted by atomic mass is 10.6. The second-order valence-corrected chi connectivity index (χ2v) is 1.39. The summed E-state index contributed by atoms with van der Waals surface area (Å²) in [6.45, 7) is -0.0451. The second-order valence-electron chi connectivity index (χ2n) is 1.39. The highest BCUT2D eigenvalue weighted by atomic mass is 16.1. The van der Waals surface area contributed by atoms with Crippen LogP contribution in [0.5, 0.6) is 0 Å². The summed E-state index contributed by atoms with van der Waals surface area (Å²) in [5, 5.41) is 10.0. The Bertz CT molecular complexity index is 192. The van der Waals surface area contributed by atoms with Gasteiger partial charge in [0.1, 0.15) is 6.54 Å². The molecule has 9 heavy (non-hydrogen) atoms. The van der Waals surface area contributed by atoms with Crippen LogP contribution >= 0.6 is 0 Å². The molecule has 2 N–H and O–H groups in total. The first-order valence-corrected chi connectivity index (χ1v) is 2.21. The summed E-state index contributed by atoms with van der Waals surface area (Å²) in [6, 6.07) is 0. The highest BCUT2D eigenvalue weighted by molar-refractivity contribution is 5.73. The first-order chi connectivity index (χ1) is 4.29. The zero-order valence-electron chi connectivity index (χ0n) is 4.48. The lowest BCUT2D eigenvalue weighted by Gasteiger charge is -1.88. The number of rotatable bonds is 2. The number of carbonyl (C=O) groups excluding carboxylic acids is 1. The van der Waals surface area contributed by atoms with Crippen molar-refractivity contribution in [2.24, 2.45) is 5.73 Å². The topological polar surface area (TPSA) is 86.7 Å². The largest absolute Gasteiger partial charge is 0.368 e. The smallest absolute Gasteiger partial charge is 0.245 e. The molecule has 1 amide bonds. The predicted octanol–water partition coefficient (Wildman–Crippen LogP) is -2.04. The van der Waals surface area contributed by atoms with Gasteiger partial charge in [-0.05, 0) is 5.21 Å². The monoisotopic (exact) mass is 126 g/mol. The van der Waals surface area contributed by atoms with Gasteiger partial charge in [-0.25, -0.2) is 0 Å². The van der Waals surface area contributed by atoms with Gasteiger partial charge in [0.2, 0.25) is 12.2 Å². The highest BCUT2D eigenvalue weighted by Crippen LogP contribution is 1.69. The molecule has 6 heteroatoms. The SMILES string of the molecule is NC(=O)Cn1n[c]nn1. The second kappa shape index (κ2) is 2.21. The molecule has 0 aliphatic heterocycles. The maximum absolute atomic E-state index is 10.1. The normalized spacial score (nSPS) is 9.33. The van der Waals surface area contributed by atoms with E-state index < -0.39 is 5.91 Å². The highest BCUT2D eigenvalue weighted by Gasteiger charge is 1.96. The van der Waals surface area contributed by atoms with Gasteiger partial charge in [-0.2, -0.15) is 4.80 Å². The van der Waals surface area contributed by atoms with Gasteiger partial charge in [-0.1, -0.05) is 0 Å². The van der Waals surface area contributed by atoms with E-state index in [-0.39, 0.29) is 6.54 Å². The summed E-state index contributed by atoms with van der Waals surface area (Å²) in [5.41, 5.74) is 4.80. The molecule has 0 spiro atoms. The van der Waals surface area contributed by atoms with Crippen LogP contribution in [0.15, 0.2) is 0 Å². The van der Waals surface area contributed by atoms with Crippen molar-refractivity contribution < 1.29 is 4.79 Å². The molecule has 0 aliphatic rings. The van der Waals surface area contributed by atoms with Crippen LogP contribution in [0.4, 0.5) is 0 Å². The third kappa shape index (κ3) is 1.48. The number of aromatic nitrogens is 4. The average molecular weight is 126 g/mol. The maximum Gasteiger partial charge on any atom is 0.245 e. The molecule has 1 aromatic rings. The molecule has 0 saturated carbocycles. The van der Waals surface area contributed by atoms with Crippen molar-refractivity contribution in [3.8, 4) is 0 Å².